The predicted molar refractivity (Wildman–Crippen MR) is 88.4 cm³/mol. The van der Waals surface area contributed by atoms with E-state index in [0.717, 1.165) is 8.95 Å². The van der Waals surface area contributed by atoms with Crippen molar-refractivity contribution in [1.29, 1.82) is 0 Å². The summed E-state index contributed by atoms with van der Waals surface area (Å²) in [5, 5.41) is 0. The van der Waals surface area contributed by atoms with Crippen LogP contribution >= 0.6 is 31.9 Å². The third-order valence-corrected chi connectivity index (χ3v) is 4.11. The molecule has 0 aliphatic rings. The van der Waals surface area contributed by atoms with Gasteiger partial charge < -0.3 is 15.2 Å². The van der Waals surface area contributed by atoms with Crippen molar-refractivity contribution in [2.24, 2.45) is 0 Å². The van der Waals surface area contributed by atoms with Crippen molar-refractivity contribution in [3.63, 3.8) is 0 Å². The van der Waals surface area contributed by atoms with Crippen molar-refractivity contribution < 1.29 is 14.3 Å². The fraction of sp³-hybridized carbons (Fsp3) is 0.133. The van der Waals surface area contributed by atoms with Gasteiger partial charge in [-0.25, -0.2) is 4.79 Å². The van der Waals surface area contributed by atoms with Crippen molar-refractivity contribution in [2.45, 2.75) is 6.61 Å². The number of anilines is 1. The molecule has 2 aromatic rings. The Morgan fingerprint density at radius 1 is 1.14 bits per heavy atom. The van der Waals surface area contributed by atoms with Gasteiger partial charge in [-0.1, -0.05) is 18.2 Å². The molecular formula is C15H13Br2NO3. The minimum Gasteiger partial charge on any atom is -0.487 e. The number of nitrogens with two attached hydrogens (primary N) is 1. The highest BCUT2D eigenvalue weighted by molar-refractivity contribution is 9.11. The molecule has 2 aromatic carbocycles. The Kier molecular flexibility index (Phi) is 5.25. The van der Waals surface area contributed by atoms with Crippen LogP contribution in [0.1, 0.15) is 15.9 Å². The molecule has 2 N–H and O–H groups in total. The van der Waals surface area contributed by atoms with Crippen LogP contribution in [-0.2, 0) is 11.3 Å². The van der Waals surface area contributed by atoms with Crippen molar-refractivity contribution in [2.75, 3.05) is 12.8 Å². The van der Waals surface area contributed by atoms with Crippen molar-refractivity contribution >= 4 is 43.5 Å². The Balaban J connectivity index is 2.29. The quantitative estimate of drug-likeness (QED) is 0.602. The van der Waals surface area contributed by atoms with Gasteiger partial charge in [0, 0.05) is 11.3 Å². The number of rotatable bonds is 4. The minimum atomic E-state index is -0.474. The third kappa shape index (κ3) is 3.57. The highest BCUT2D eigenvalue weighted by Gasteiger charge is 2.16. The van der Waals surface area contributed by atoms with Gasteiger partial charge in [-0.3, -0.25) is 0 Å². The number of hydrogen-bond acceptors (Lipinski definition) is 4. The molecule has 21 heavy (non-hydrogen) atoms. The average molecular weight is 415 g/mol. The zero-order valence-electron chi connectivity index (χ0n) is 11.2. The molecule has 0 unspecified atom stereocenters. The van der Waals surface area contributed by atoms with Crippen LogP contribution in [-0.4, -0.2) is 13.1 Å². The molecule has 0 atom stereocenters. The monoisotopic (exact) mass is 413 g/mol. The summed E-state index contributed by atoms with van der Waals surface area (Å²) in [7, 11) is 1.32. The zero-order valence-corrected chi connectivity index (χ0v) is 14.4. The Morgan fingerprint density at radius 2 is 1.76 bits per heavy atom. The van der Waals surface area contributed by atoms with Crippen molar-refractivity contribution in [1.82, 2.24) is 0 Å². The minimum absolute atomic E-state index is 0.205. The summed E-state index contributed by atoms with van der Waals surface area (Å²) in [5.41, 5.74) is 7.23. The first kappa shape index (κ1) is 15.9. The summed E-state index contributed by atoms with van der Waals surface area (Å²) in [5.74, 6) is 0.189. The maximum Gasteiger partial charge on any atom is 0.340 e. The Morgan fingerprint density at radius 3 is 2.38 bits per heavy atom. The normalized spacial score (nSPS) is 10.2. The van der Waals surface area contributed by atoms with Crippen molar-refractivity contribution in [3.05, 3.63) is 56.5 Å². The van der Waals surface area contributed by atoms with Crippen LogP contribution in [0.3, 0.4) is 0 Å². The number of benzene rings is 2. The maximum absolute atomic E-state index is 11.8. The fourth-order valence-electron chi connectivity index (χ4n) is 1.86. The summed E-state index contributed by atoms with van der Waals surface area (Å²) in [6.07, 6.45) is 0. The summed E-state index contributed by atoms with van der Waals surface area (Å²) in [6, 6.07) is 10.9. The topological polar surface area (TPSA) is 61.5 Å². The van der Waals surface area contributed by atoms with Crippen LogP contribution in [0.4, 0.5) is 5.69 Å². The molecule has 0 saturated carbocycles. The summed E-state index contributed by atoms with van der Waals surface area (Å²) in [4.78, 5) is 11.8. The smallest absolute Gasteiger partial charge is 0.340 e. The van der Waals surface area contributed by atoms with Gasteiger partial charge in [0.15, 0.2) is 0 Å². The molecular weight excluding hydrogens is 402 g/mol. The molecule has 0 bridgehead atoms. The van der Waals surface area contributed by atoms with Crippen LogP contribution < -0.4 is 10.5 Å². The highest BCUT2D eigenvalue weighted by atomic mass is 79.9. The third-order valence-electron chi connectivity index (χ3n) is 2.86. The molecule has 0 aliphatic heterocycles. The number of methoxy groups -OCH3 is 1. The molecule has 0 radical (unpaired) electrons. The molecule has 0 amide bonds. The predicted octanol–water partition coefficient (Wildman–Crippen LogP) is 4.16. The molecule has 0 heterocycles. The SMILES string of the molecule is COC(=O)c1c(N)cccc1COc1c(Br)cccc1Br. The average Bonchev–Trinajstić information content (AvgIpc) is 2.46. The van der Waals surface area contributed by atoms with Gasteiger partial charge in [-0.15, -0.1) is 0 Å². The van der Waals surface area contributed by atoms with Gasteiger partial charge in [0.05, 0.1) is 21.6 Å². The molecule has 4 nitrogen and oxygen atoms in total. The van der Waals surface area contributed by atoms with Crippen LogP contribution in [0.15, 0.2) is 45.3 Å². The first-order valence-corrected chi connectivity index (χ1v) is 7.65. The van der Waals surface area contributed by atoms with E-state index in [0.29, 0.717) is 22.6 Å². The molecule has 0 fully saturated rings. The van der Waals surface area contributed by atoms with Gasteiger partial charge >= 0.3 is 5.97 Å². The van der Waals surface area contributed by atoms with Gasteiger partial charge in [-0.2, -0.15) is 0 Å². The van der Waals surface area contributed by atoms with Crippen LogP contribution in [0, 0.1) is 0 Å². The number of esters is 1. The molecule has 110 valence electrons. The van der Waals surface area contributed by atoms with Crippen LogP contribution in [0.25, 0.3) is 0 Å². The number of carbonyl (C=O) groups is 1. The summed E-state index contributed by atoms with van der Waals surface area (Å²) in [6.45, 7) is 0.205. The van der Waals surface area contributed by atoms with Crippen LogP contribution in [0.2, 0.25) is 0 Å². The molecule has 0 spiro atoms. The van der Waals surface area contributed by atoms with E-state index in [4.69, 9.17) is 15.2 Å². The van der Waals surface area contributed by atoms with Gasteiger partial charge in [-0.05, 0) is 50.1 Å². The zero-order chi connectivity index (χ0) is 15.4. The van der Waals surface area contributed by atoms with Gasteiger partial charge in [0.2, 0.25) is 0 Å². The first-order chi connectivity index (χ1) is 10.0. The summed E-state index contributed by atoms with van der Waals surface area (Å²) >= 11 is 6.85. The lowest BCUT2D eigenvalue weighted by molar-refractivity contribution is 0.0599. The lowest BCUT2D eigenvalue weighted by atomic mass is 10.1. The second-order valence-electron chi connectivity index (χ2n) is 4.21. The largest absolute Gasteiger partial charge is 0.487 e. The van der Waals surface area contributed by atoms with E-state index in [2.05, 4.69) is 31.9 Å². The van der Waals surface area contributed by atoms with E-state index >= 15 is 0 Å². The number of carbonyl (C=O) groups excluding carboxylic acids is 1. The summed E-state index contributed by atoms with van der Waals surface area (Å²) < 4.78 is 12.2. The number of halogens is 2. The van der Waals surface area contributed by atoms with E-state index in [-0.39, 0.29) is 6.61 Å². The Labute approximate surface area is 139 Å². The maximum atomic E-state index is 11.8. The number of para-hydroxylation sites is 1. The van der Waals surface area contributed by atoms with Crippen LogP contribution in [0.5, 0.6) is 5.75 Å². The number of hydrogen-bond donors (Lipinski definition) is 1. The molecule has 0 aromatic heterocycles. The highest BCUT2D eigenvalue weighted by Crippen LogP contribution is 2.34. The molecule has 0 aliphatic carbocycles. The van der Waals surface area contributed by atoms with E-state index in [9.17, 15) is 4.79 Å². The lowest BCUT2D eigenvalue weighted by Crippen LogP contribution is -2.11. The first-order valence-electron chi connectivity index (χ1n) is 6.07. The van der Waals surface area contributed by atoms with E-state index in [1.54, 1.807) is 18.2 Å². The standard InChI is InChI=1S/C15H13Br2NO3/c1-20-15(19)13-9(4-2-7-12(13)18)8-21-14-10(16)5-3-6-11(14)17/h2-7H,8,18H2,1H3. The van der Waals surface area contributed by atoms with Gasteiger partial charge in [0.1, 0.15) is 12.4 Å². The number of ether oxygens (including phenoxy) is 2. The second-order valence-corrected chi connectivity index (χ2v) is 5.92. The molecule has 0 saturated heterocycles. The molecule has 6 heteroatoms. The van der Waals surface area contributed by atoms with Crippen molar-refractivity contribution in [3.8, 4) is 5.75 Å². The van der Waals surface area contributed by atoms with E-state index in [1.165, 1.54) is 7.11 Å². The molecule has 2 rings (SSSR count). The Bertz CT molecular complexity index is 654. The lowest BCUT2D eigenvalue weighted by Gasteiger charge is -2.13. The second kappa shape index (κ2) is 6.95. The number of nitrogen functional groups attached to an aromatic ring is 1. The van der Waals surface area contributed by atoms with E-state index < -0.39 is 5.97 Å². The van der Waals surface area contributed by atoms with E-state index in [1.807, 2.05) is 18.2 Å². The Hall–Kier alpha value is -1.53. The van der Waals surface area contributed by atoms with Gasteiger partial charge in [0.25, 0.3) is 0 Å². The fourth-order valence-corrected chi connectivity index (χ4v) is 3.09.